The van der Waals surface area contributed by atoms with Crippen molar-refractivity contribution in [2.24, 2.45) is 5.92 Å². The molecule has 3 rings (SSSR count). The fourth-order valence-corrected chi connectivity index (χ4v) is 5.03. The Hall–Kier alpha value is -1.17. The van der Waals surface area contributed by atoms with Crippen LogP contribution in [0.3, 0.4) is 0 Å². The van der Waals surface area contributed by atoms with Crippen molar-refractivity contribution in [3.63, 3.8) is 0 Å². The minimum absolute atomic E-state index is 0.0516. The third-order valence-electron chi connectivity index (χ3n) is 5.00. The van der Waals surface area contributed by atoms with Crippen LogP contribution in [-0.4, -0.2) is 37.0 Å². The molecule has 4 nitrogen and oxygen atoms in total. The number of aryl methyl sites for hydroxylation is 1. The summed E-state index contributed by atoms with van der Waals surface area (Å²) in [5.74, 6) is -0.0516. The smallest absolute Gasteiger partial charge is 0.243 e. The fraction of sp³-hybridized carbons (Fsp3) is 0.556. The van der Waals surface area contributed by atoms with Gasteiger partial charge in [-0.05, 0) is 51.2 Å². The molecule has 2 atom stereocenters. The van der Waals surface area contributed by atoms with Crippen molar-refractivity contribution in [3.8, 4) is 0 Å². The van der Waals surface area contributed by atoms with Crippen molar-refractivity contribution in [1.29, 1.82) is 0 Å². The number of allylic oxidation sites excluding steroid dienone is 1. The molecule has 0 radical (unpaired) electrons. The summed E-state index contributed by atoms with van der Waals surface area (Å²) in [5.41, 5.74) is 2.29. The van der Waals surface area contributed by atoms with Gasteiger partial charge < -0.3 is 5.11 Å². The van der Waals surface area contributed by atoms with E-state index in [-0.39, 0.29) is 5.92 Å². The predicted molar refractivity (Wildman–Crippen MR) is 90.6 cm³/mol. The molecule has 1 aromatic carbocycles. The Morgan fingerprint density at radius 1 is 1.17 bits per heavy atom. The Bertz CT molecular complexity index is 679. The minimum Gasteiger partial charge on any atom is -0.392 e. The molecule has 2 aliphatic rings. The normalized spacial score (nSPS) is 26.8. The van der Waals surface area contributed by atoms with Gasteiger partial charge in [0.25, 0.3) is 0 Å². The van der Waals surface area contributed by atoms with E-state index in [1.54, 1.807) is 16.4 Å². The second kappa shape index (κ2) is 6.75. The number of sulfonamides is 1. The zero-order valence-corrected chi connectivity index (χ0v) is 14.4. The van der Waals surface area contributed by atoms with Crippen LogP contribution in [0.4, 0.5) is 0 Å². The molecule has 23 heavy (non-hydrogen) atoms. The molecule has 1 N–H and O–H groups in total. The summed E-state index contributed by atoms with van der Waals surface area (Å²) in [6.45, 7) is 2.73. The molecule has 0 spiro atoms. The largest absolute Gasteiger partial charge is 0.392 e. The molecule has 1 fully saturated rings. The molecule has 0 bridgehead atoms. The first-order valence-corrected chi connectivity index (χ1v) is 9.86. The van der Waals surface area contributed by atoms with Gasteiger partial charge in [0.1, 0.15) is 0 Å². The van der Waals surface area contributed by atoms with Crippen LogP contribution in [0.15, 0.2) is 40.8 Å². The minimum atomic E-state index is -3.48. The first kappa shape index (κ1) is 16.7. The maximum absolute atomic E-state index is 12.9. The van der Waals surface area contributed by atoms with Gasteiger partial charge in [0, 0.05) is 19.0 Å². The predicted octanol–water partition coefficient (Wildman–Crippen LogP) is 2.87. The van der Waals surface area contributed by atoms with E-state index in [2.05, 4.69) is 6.08 Å². The highest BCUT2D eigenvalue weighted by molar-refractivity contribution is 7.89. The number of aliphatic hydroxyl groups excluding tert-OH is 1. The standard InChI is InChI=1S/C18H25NO3S/c1-14-7-9-16(10-8-14)23(21,22)19-12-11-18(20)17(13-19)15-5-3-2-4-6-15/h5,7-10,17-18,20H,2-4,6,11-13H2,1H3/t17-,18+/m1/s1. The number of hydrogen-bond donors (Lipinski definition) is 1. The summed E-state index contributed by atoms with van der Waals surface area (Å²) in [7, 11) is -3.48. The van der Waals surface area contributed by atoms with Crippen LogP contribution in [-0.2, 0) is 10.0 Å². The topological polar surface area (TPSA) is 57.6 Å². The van der Waals surface area contributed by atoms with E-state index in [1.807, 2.05) is 19.1 Å². The lowest BCUT2D eigenvalue weighted by Crippen LogP contribution is -2.46. The Kier molecular flexibility index (Phi) is 4.90. The van der Waals surface area contributed by atoms with Crippen molar-refractivity contribution < 1.29 is 13.5 Å². The summed E-state index contributed by atoms with van der Waals surface area (Å²) < 4.78 is 27.3. The maximum Gasteiger partial charge on any atom is 0.243 e. The van der Waals surface area contributed by atoms with Crippen LogP contribution in [0, 0.1) is 12.8 Å². The highest BCUT2D eigenvalue weighted by Gasteiger charge is 2.36. The summed E-state index contributed by atoms with van der Waals surface area (Å²) >= 11 is 0. The van der Waals surface area contributed by atoms with Crippen LogP contribution >= 0.6 is 0 Å². The van der Waals surface area contributed by atoms with Crippen LogP contribution in [0.25, 0.3) is 0 Å². The number of rotatable bonds is 3. The summed E-state index contributed by atoms with van der Waals surface area (Å²) in [6.07, 6.45) is 6.65. The van der Waals surface area contributed by atoms with Crippen molar-refractivity contribution in [3.05, 3.63) is 41.5 Å². The van der Waals surface area contributed by atoms with E-state index in [4.69, 9.17) is 0 Å². The zero-order valence-electron chi connectivity index (χ0n) is 13.6. The van der Waals surface area contributed by atoms with E-state index in [9.17, 15) is 13.5 Å². The second-order valence-electron chi connectivity index (χ2n) is 6.66. The number of piperidine rings is 1. The van der Waals surface area contributed by atoms with Gasteiger partial charge >= 0.3 is 0 Å². The van der Waals surface area contributed by atoms with Crippen LogP contribution in [0.2, 0.25) is 0 Å². The Labute approximate surface area is 138 Å². The third kappa shape index (κ3) is 3.52. The lowest BCUT2D eigenvalue weighted by Gasteiger charge is -2.37. The van der Waals surface area contributed by atoms with Gasteiger partial charge in [0.15, 0.2) is 0 Å². The quantitative estimate of drug-likeness (QED) is 0.864. The third-order valence-corrected chi connectivity index (χ3v) is 6.88. The zero-order chi connectivity index (χ0) is 16.4. The molecule has 126 valence electrons. The van der Waals surface area contributed by atoms with Crippen molar-refractivity contribution in [2.45, 2.75) is 50.0 Å². The van der Waals surface area contributed by atoms with Crippen LogP contribution in [0.5, 0.6) is 0 Å². The van der Waals surface area contributed by atoms with Crippen LogP contribution < -0.4 is 0 Å². The van der Waals surface area contributed by atoms with Gasteiger partial charge in [-0.3, -0.25) is 0 Å². The van der Waals surface area contributed by atoms with E-state index >= 15 is 0 Å². The second-order valence-corrected chi connectivity index (χ2v) is 8.60. The molecule has 1 aromatic rings. The number of hydrogen-bond acceptors (Lipinski definition) is 3. The lowest BCUT2D eigenvalue weighted by molar-refractivity contribution is 0.0684. The van der Waals surface area contributed by atoms with Gasteiger partial charge in [-0.15, -0.1) is 0 Å². The van der Waals surface area contributed by atoms with Gasteiger partial charge in [0.05, 0.1) is 11.0 Å². The molecule has 5 heteroatoms. The average Bonchev–Trinajstić information content (AvgIpc) is 2.56. The molecule has 1 aliphatic carbocycles. The highest BCUT2D eigenvalue weighted by Crippen LogP contribution is 2.33. The molecule has 1 saturated heterocycles. The lowest BCUT2D eigenvalue weighted by atomic mass is 9.83. The molecule has 1 heterocycles. The first-order chi connectivity index (χ1) is 11.0. The van der Waals surface area contributed by atoms with Gasteiger partial charge in [-0.2, -0.15) is 4.31 Å². The monoisotopic (exact) mass is 335 g/mol. The van der Waals surface area contributed by atoms with Gasteiger partial charge in [-0.1, -0.05) is 29.3 Å². The van der Waals surface area contributed by atoms with Gasteiger partial charge in [-0.25, -0.2) is 8.42 Å². The van der Waals surface area contributed by atoms with Crippen molar-refractivity contribution in [2.75, 3.05) is 13.1 Å². The maximum atomic E-state index is 12.9. The van der Waals surface area contributed by atoms with Crippen molar-refractivity contribution in [1.82, 2.24) is 4.31 Å². The summed E-state index contributed by atoms with van der Waals surface area (Å²) in [4.78, 5) is 0.343. The highest BCUT2D eigenvalue weighted by atomic mass is 32.2. The molecular weight excluding hydrogens is 310 g/mol. The van der Waals surface area contributed by atoms with Crippen LogP contribution in [0.1, 0.15) is 37.7 Å². The number of aliphatic hydroxyl groups is 1. The Morgan fingerprint density at radius 3 is 2.57 bits per heavy atom. The van der Waals surface area contributed by atoms with E-state index in [1.165, 1.54) is 12.0 Å². The molecule has 0 saturated carbocycles. The van der Waals surface area contributed by atoms with Crippen molar-refractivity contribution >= 4 is 10.0 Å². The Balaban J connectivity index is 1.82. The number of nitrogens with zero attached hydrogens (tertiary/aromatic N) is 1. The summed E-state index contributed by atoms with van der Waals surface area (Å²) in [6, 6.07) is 6.99. The molecule has 0 aromatic heterocycles. The Morgan fingerprint density at radius 2 is 1.91 bits per heavy atom. The average molecular weight is 335 g/mol. The van der Waals surface area contributed by atoms with E-state index in [0.29, 0.717) is 24.4 Å². The number of benzene rings is 1. The van der Waals surface area contributed by atoms with Gasteiger partial charge in [0.2, 0.25) is 10.0 Å². The molecule has 0 unspecified atom stereocenters. The van der Waals surface area contributed by atoms with E-state index in [0.717, 1.165) is 24.8 Å². The fourth-order valence-electron chi connectivity index (χ4n) is 3.55. The summed E-state index contributed by atoms with van der Waals surface area (Å²) in [5, 5.41) is 10.3. The van der Waals surface area contributed by atoms with E-state index < -0.39 is 16.1 Å². The SMILES string of the molecule is Cc1ccc(S(=O)(=O)N2CC[C@H](O)[C@@H](C3=CCCCC3)C2)cc1. The molecular formula is C18H25NO3S. The molecule has 1 aliphatic heterocycles. The molecule has 0 amide bonds. The first-order valence-electron chi connectivity index (χ1n) is 8.42.